The summed E-state index contributed by atoms with van der Waals surface area (Å²) in [4.78, 5) is 35.9. The molecule has 12 heteroatoms. The van der Waals surface area contributed by atoms with E-state index in [0.717, 1.165) is 21.8 Å². The minimum atomic E-state index is -1.38. The van der Waals surface area contributed by atoms with Gasteiger partial charge in [-0.25, -0.2) is 4.79 Å². The van der Waals surface area contributed by atoms with Crippen LogP contribution >= 0.6 is 0 Å². The average Bonchev–Trinajstić information content (AvgIpc) is 3.05. The minimum absolute atomic E-state index is 0. The number of rotatable bonds is 6. The molecular formula is C21H20N4Na2O6. The number of carboxylic acid groups (broad SMARTS) is 1. The summed E-state index contributed by atoms with van der Waals surface area (Å²) >= 11 is 0. The molecule has 0 bridgehead atoms. The first-order valence-electron chi connectivity index (χ1n) is 9.34. The average molecular weight is 470 g/mol. The van der Waals surface area contributed by atoms with Gasteiger partial charge >= 0.3 is 65.1 Å². The van der Waals surface area contributed by atoms with Gasteiger partial charge in [-0.3, -0.25) is 4.79 Å². The maximum absolute atomic E-state index is 12.5. The topological polar surface area (TPSA) is 152 Å². The Labute approximate surface area is 233 Å². The number of nitrogens with zero attached hydrogens (tertiary/aromatic N) is 2. The number of carbonyl (C=O) groups excluding carboxylic acids is 2. The van der Waals surface area contributed by atoms with Gasteiger partial charge in [-0.15, -0.1) is 0 Å². The summed E-state index contributed by atoms with van der Waals surface area (Å²) in [6, 6.07) is 6.15. The van der Waals surface area contributed by atoms with E-state index in [2.05, 4.69) is 15.8 Å². The van der Waals surface area contributed by atoms with Crippen LogP contribution in [0.2, 0.25) is 0 Å². The molecule has 0 unspecified atom stereocenters. The number of benzene rings is 1. The third-order valence-electron chi connectivity index (χ3n) is 4.76. The molecule has 3 rings (SSSR count). The van der Waals surface area contributed by atoms with Crippen LogP contribution in [0.25, 0.3) is 11.1 Å². The van der Waals surface area contributed by atoms with Crippen LogP contribution in [0.3, 0.4) is 0 Å². The molecule has 1 atom stereocenters. The Hall–Kier alpha value is -2.08. The van der Waals surface area contributed by atoms with Crippen LogP contribution in [0.15, 0.2) is 45.8 Å². The van der Waals surface area contributed by atoms with Crippen LogP contribution in [0.1, 0.15) is 29.5 Å². The van der Waals surface area contributed by atoms with E-state index in [-0.39, 0.29) is 59.1 Å². The molecule has 2 amide bonds. The number of nitrogens with one attached hydrogen (secondary N) is 2. The summed E-state index contributed by atoms with van der Waals surface area (Å²) in [5.74, 6) is -1.44. The summed E-state index contributed by atoms with van der Waals surface area (Å²) in [5.41, 5.74) is 1.54. The number of hydrogen-bond acceptors (Lipinski definition) is 7. The molecule has 0 radical (unpaired) electrons. The number of carbonyl (C=O) groups is 2. The number of amides is 2. The van der Waals surface area contributed by atoms with Gasteiger partial charge in [0.05, 0.1) is 11.7 Å². The van der Waals surface area contributed by atoms with Crippen LogP contribution in [-0.4, -0.2) is 21.7 Å². The first-order valence-corrected chi connectivity index (χ1v) is 9.34. The van der Waals surface area contributed by atoms with Gasteiger partial charge in [-0.1, -0.05) is 35.2 Å². The van der Waals surface area contributed by atoms with Crippen molar-refractivity contribution in [3.63, 3.8) is 0 Å². The zero-order valence-corrected chi connectivity index (χ0v) is 23.1. The Bertz CT molecular complexity index is 1190. The third-order valence-corrected chi connectivity index (χ3v) is 4.76. The van der Waals surface area contributed by atoms with E-state index >= 15 is 0 Å². The van der Waals surface area contributed by atoms with Crippen molar-refractivity contribution in [3.8, 4) is 16.9 Å². The quantitative estimate of drug-likeness (QED) is 0.342. The van der Waals surface area contributed by atoms with Crippen molar-refractivity contribution < 1.29 is 83.4 Å². The van der Waals surface area contributed by atoms with E-state index in [9.17, 15) is 24.6 Å². The Kier molecular flexibility index (Phi) is 10.9. The molecule has 2 heterocycles. The van der Waals surface area contributed by atoms with E-state index in [1.54, 1.807) is 32.0 Å². The van der Waals surface area contributed by atoms with Crippen molar-refractivity contribution in [2.24, 2.45) is 7.05 Å². The molecule has 0 saturated heterocycles. The largest absolute Gasteiger partial charge is 1.00 e. The number of urea groups is 1. The Morgan fingerprint density at radius 2 is 1.91 bits per heavy atom. The second kappa shape index (κ2) is 12.4. The summed E-state index contributed by atoms with van der Waals surface area (Å²) in [6.07, 6.45) is 0.766. The fourth-order valence-corrected chi connectivity index (χ4v) is 3.26. The van der Waals surface area contributed by atoms with Gasteiger partial charge in [0, 0.05) is 31.2 Å². The fraction of sp³-hybridized carbons (Fsp3) is 0.238. The Morgan fingerprint density at radius 1 is 1.21 bits per heavy atom. The summed E-state index contributed by atoms with van der Waals surface area (Å²) < 4.78 is 6.32. The number of aromatic nitrogens is 2. The van der Waals surface area contributed by atoms with Crippen LogP contribution in [0.5, 0.6) is 5.75 Å². The van der Waals surface area contributed by atoms with Crippen LogP contribution in [0.4, 0.5) is 10.5 Å². The zero-order chi connectivity index (χ0) is 22.7. The zero-order valence-electron chi connectivity index (χ0n) is 19.1. The van der Waals surface area contributed by atoms with Crippen LogP contribution in [-0.2, 0) is 11.8 Å². The van der Waals surface area contributed by atoms with Crippen LogP contribution < -0.4 is 85.5 Å². The monoisotopic (exact) mass is 470 g/mol. The molecule has 0 aliphatic carbocycles. The van der Waals surface area contributed by atoms with E-state index in [0.29, 0.717) is 17.0 Å². The molecule has 3 aromatic rings. The van der Waals surface area contributed by atoms with Gasteiger partial charge in [0.25, 0.3) is 5.56 Å². The van der Waals surface area contributed by atoms with Gasteiger partial charge in [0.15, 0.2) is 0 Å². The molecule has 0 spiro atoms. The maximum atomic E-state index is 12.5. The number of carboxylic acids is 1. The van der Waals surface area contributed by atoms with Crippen molar-refractivity contribution in [3.05, 3.63) is 63.9 Å². The van der Waals surface area contributed by atoms with E-state index in [4.69, 9.17) is 4.52 Å². The maximum Gasteiger partial charge on any atom is 1.00 e. The second-order valence-electron chi connectivity index (χ2n) is 7.02. The number of anilines is 1. The number of aliphatic carboxylic acids is 1. The number of hydrogen-bond donors (Lipinski definition) is 2. The predicted molar refractivity (Wildman–Crippen MR) is 107 cm³/mol. The van der Waals surface area contributed by atoms with Crippen molar-refractivity contribution in [2.45, 2.75) is 26.3 Å². The van der Waals surface area contributed by atoms with E-state index < -0.39 is 41.5 Å². The molecule has 2 aromatic heterocycles. The van der Waals surface area contributed by atoms with Gasteiger partial charge in [-0.05, 0) is 31.0 Å². The smallest absolute Gasteiger partial charge is 0.871 e. The molecule has 2 N–H and O–H groups in total. The minimum Gasteiger partial charge on any atom is -0.871 e. The van der Waals surface area contributed by atoms with Gasteiger partial charge in [0.2, 0.25) is 0 Å². The fourth-order valence-electron chi connectivity index (χ4n) is 3.26. The van der Waals surface area contributed by atoms with Crippen LogP contribution in [0, 0.1) is 13.8 Å². The van der Waals surface area contributed by atoms with Crippen molar-refractivity contribution >= 4 is 17.7 Å². The molecule has 33 heavy (non-hydrogen) atoms. The summed E-state index contributed by atoms with van der Waals surface area (Å²) in [6.45, 7) is 3.54. The molecule has 162 valence electrons. The SMILES string of the molecule is Cc1noc(C)c1-c1cccc([C@H](CC(=O)[O-])NC(=O)Nc2c([O-])ccn(C)c2=O)c1.[Na+].[Na+]. The molecule has 1 aromatic carbocycles. The van der Waals surface area contributed by atoms with Crippen molar-refractivity contribution in [1.29, 1.82) is 0 Å². The predicted octanol–water partition coefficient (Wildman–Crippen LogP) is -5.26. The first-order chi connectivity index (χ1) is 14.7. The van der Waals surface area contributed by atoms with Gasteiger partial charge < -0.3 is 34.7 Å². The molecule has 0 fully saturated rings. The van der Waals surface area contributed by atoms with E-state index in [1.807, 2.05) is 6.07 Å². The molecule has 10 nitrogen and oxygen atoms in total. The molecule has 0 saturated carbocycles. The van der Waals surface area contributed by atoms with Crippen molar-refractivity contribution in [2.75, 3.05) is 5.32 Å². The molecule has 0 aliphatic rings. The standard InChI is InChI=1S/C21H22N4O6.2Na/c1-11-18(12(2)31-24-11)14-6-4-5-13(9-14)15(10-17(27)28)22-21(30)23-19-16(26)7-8-25(3)20(19)29;;/h4-9,15,26H,10H2,1-3H3,(H,27,28)(H2,22,23,30);;/q;2*+1/p-2/t15-;;/m0../s1. The van der Waals surface area contributed by atoms with Gasteiger partial charge in [0.1, 0.15) is 11.4 Å². The van der Waals surface area contributed by atoms with Gasteiger partial charge in [-0.2, -0.15) is 0 Å². The first kappa shape index (κ1) is 29.0. The molecular weight excluding hydrogens is 450 g/mol. The normalized spacial score (nSPS) is 11.0. The Balaban J connectivity index is 0.00000272. The van der Waals surface area contributed by atoms with E-state index in [1.165, 1.54) is 13.2 Å². The molecule has 0 aliphatic heterocycles. The number of pyridine rings is 1. The summed E-state index contributed by atoms with van der Waals surface area (Å²) in [7, 11) is 1.43. The third kappa shape index (κ3) is 6.95. The Morgan fingerprint density at radius 3 is 2.52 bits per heavy atom. The van der Waals surface area contributed by atoms with Crippen molar-refractivity contribution in [1.82, 2.24) is 15.0 Å². The second-order valence-corrected chi connectivity index (χ2v) is 7.02. The number of aryl methyl sites for hydroxylation is 3. The summed E-state index contributed by atoms with van der Waals surface area (Å²) in [5, 5.41) is 31.8.